The lowest BCUT2D eigenvalue weighted by atomic mass is 10.2. The lowest BCUT2D eigenvalue weighted by Crippen LogP contribution is -2.31. The molecule has 0 aliphatic carbocycles. The summed E-state index contributed by atoms with van der Waals surface area (Å²) in [7, 11) is -4.18. The average molecular weight is 515 g/mol. The Hall–Kier alpha value is -3.63. The summed E-state index contributed by atoms with van der Waals surface area (Å²) in [5.74, 6) is -0.146. The second kappa shape index (κ2) is 9.93. The van der Waals surface area contributed by atoms with E-state index in [1.807, 2.05) is 35.1 Å². The minimum Gasteiger partial charge on any atom is -0.489 e. The van der Waals surface area contributed by atoms with Gasteiger partial charge in [-0.25, -0.2) is 13.1 Å². The molecule has 0 spiro atoms. The van der Waals surface area contributed by atoms with Gasteiger partial charge in [0.15, 0.2) is 16.3 Å². The number of hydrogen-bond acceptors (Lipinski definition) is 7. The Morgan fingerprint density at radius 3 is 2.54 bits per heavy atom. The average Bonchev–Trinajstić information content (AvgIpc) is 3.35. The lowest BCUT2D eigenvalue weighted by Gasteiger charge is -2.13. The van der Waals surface area contributed by atoms with Gasteiger partial charge in [-0.15, -0.1) is 0 Å². The Labute approximate surface area is 207 Å². The van der Waals surface area contributed by atoms with Crippen LogP contribution in [0.1, 0.15) is 38.8 Å². The summed E-state index contributed by atoms with van der Waals surface area (Å²) in [5.41, 5.74) is 2.54. The van der Waals surface area contributed by atoms with Crippen LogP contribution in [0.15, 0.2) is 64.0 Å². The van der Waals surface area contributed by atoms with E-state index in [9.17, 15) is 13.2 Å². The zero-order valence-electron chi connectivity index (χ0n) is 19.3. The number of ether oxygens (including phenoxy) is 1. The zero-order valence-corrected chi connectivity index (χ0v) is 20.9. The van der Waals surface area contributed by atoms with Crippen molar-refractivity contribution >= 4 is 27.5 Å². The first-order valence-electron chi connectivity index (χ1n) is 10.6. The molecule has 11 heteroatoms. The van der Waals surface area contributed by atoms with Crippen molar-refractivity contribution in [2.45, 2.75) is 38.8 Å². The molecule has 4 rings (SSSR count). The van der Waals surface area contributed by atoms with Crippen molar-refractivity contribution in [3.8, 4) is 5.75 Å². The zero-order chi connectivity index (χ0) is 25.2. The van der Waals surface area contributed by atoms with E-state index in [2.05, 4.69) is 10.3 Å². The van der Waals surface area contributed by atoms with E-state index in [0.29, 0.717) is 23.1 Å². The van der Waals surface area contributed by atoms with Crippen molar-refractivity contribution in [1.82, 2.24) is 19.7 Å². The number of carbonyl (C=O) groups is 1. The third-order valence-corrected chi connectivity index (χ3v) is 7.07. The Morgan fingerprint density at radius 2 is 1.86 bits per heavy atom. The number of nitrogens with zero attached hydrogens (tertiary/aromatic N) is 3. The molecule has 0 bridgehead atoms. The summed E-state index contributed by atoms with van der Waals surface area (Å²) in [6.07, 6.45) is 0. The molecule has 0 saturated carbocycles. The molecule has 1 amide bonds. The van der Waals surface area contributed by atoms with Crippen molar-refractivity contribution in [3.63, 3.8) is 0 Å². The van der Waals surface area contributed by atoms with E-state index in [0.717, 1.165) is 11.1 Å². The van der Waals surface area contributed by atoms with Crippen LogP contribution in [0, 0.1) is 20.8 Å². The van der Waals surface area contributed by atoms with Gasteiger partial charge in [0.1, 0.15) is 18.1 Å². The van der Waals surface area contributed by atoms with Crippen molar-refractivity contribution in [3.05, 3.63) is 93.6 Å². The van der Waals surface area contributed by atoms with Crippen LogP contribution < -0.4 is 9.46 Å². The number of hydrogen-bond donors (Lipinski definition) is 1. The second-order valence-corrected chi connectivity index (χ2v) is 10.00. The Balaban J connectivity index is 1.53. The summed E-state index contributed by atoms with van der Waals surface area (Å²) in [6, 6.07) is 16.5. The van der Waals surface area contributed by atoms with Gasteiger partial charge in [0.25, 0.3) is 15.9 Å². The van der Waals surface area contributed by atoms with Crippen LogP contribution in [0.5, 0.6) is 5.75 Å². The normalized spacial score (nSPS) is 11.4. The summed E-state index contributed by atoms with van der Waals surface area (Å²) in [6.45, 7) is 5.35. The van der Waals surface area contributed by atoms with Gasteiger partial charge in [0.2, 0.25) is 0 Å². The highest BCUT2D eigenvalue weighted by Crippen LogP contribution is 2.25. The first-order chi connectivity index (χ1) is 16.6. The Kier molecular flexibility index (Phi) is 6.95. The number of halogens is 1. The van der Waals surface area contributed by atoms with Gasteiger partial charge in [0.05, 0.1) is 6.54 Å². The van der Waals surface area contributed by atoms with Crippen LogP contribution in [0.4, 0.5) is 0 Å². The smallest absolute Gasteiger partial charge is 0.285 e. The molecule has 0 fully saturated rings. The molecule has 0 unspecified atom stereocenters. The van der Waals surface area contributed by atoms with Crippen LogP contribution in [0.25, 0.3) is 0 Å². The van der Waals surface area contributed by atoms with E-state index in [4.69, 9.17) is 20.9 Å². The van der Waals surface area contributed by atoms with Gasteiger partial charge >= 0.3 is 0 Å². The fourth-order valence-electron chi connectivity index (χ4n) is 3.57. The molecule has 0 aliphatic rings. The molecule has 4 aromatic rings. The van der Waals surface area contributed by atoms with Gasteiger partial charge < -0.3 is 9.26 Å². The minimum absolute atomic E-state index is 0.0494. The van der Waals surface area contributed by atoms with Crippen LogP contribution in [0.3, 0.4) is 0 Å². The third kappa shape index (κ3) is 5.55. The number of amides is 1. The molecule has 0 saturated heterocycles. The molecular formula is C24H23ClN4O5S. The Bertz CT molecular complexity index is 1460. The monoisotopic (exact) mass is 514 g/mol. The first kappa shape index (κ1) is 24.5. The van der Waals surface area contributed by atoms with E-state index >= 15 is 0 Å². The molecule has 0 radical (unpaired) electrons. The highest BCUT2D eigenvalue weighted by Gasteiger charge is 2.27. The maximum atomic E-state index is 12.7. The van der Waals surface area contributed by atoms with Crippen LogP contribution in [0.2, 0.25) is 5.02 Å². The largest absolute Gasteiger partial charge is 0.489 e. The first-order valence-corrected chi connectivity index (χ1v) is 12.5. The topological polar surface area (TPSA) is 116 Å². The van der Waals surface area contributed by atoms with Gasteiger partial charge in [-0.3, -0.25) is 9.48 Å². The number of benzene rings is 2. The van der Waals surface area contributed by atoms with Gasteiger partial charge in [-0.1, -0.05) is 47.1 Å². The number of rotatable bonds is 8. The quantitative estimate of drug-likeness (QED) is 0.374. The summed E-state index contributed by atoms with van der Waals surface area (Å²) < 4.78 is 39.9. The predicted molar refractivity (Wildman–Crippen MR) is 129 cm³/mol. The standard InChI is InChI=1S/C24H23ClN4O5S/c1-15-11-21(24(30)28-35(31,32)23-16(2)27-34-17(23)3)26-29(15)13-19-12-20(25)9-10-22(19)33-14-18-7-5-4-6-8-18/h4-12H,13-14H2,1-3H3,(H,28,30). The lowest BCUT2D eigenvalue weighted by molar-refractivity contribution is 0.0975. The third-order valence-electron chi connectivity index (χ3n) is 5.26. The second-order valence-electron chi connectivity index (χ2n) is 7.94. The fraction of sp³-hybridized carbons (Fsp3) is 0.208. The molecule has 0 atom stereocenters. The molecule has 9 nitrogen and oxygen atoms in total. The molecule has 1 N–H and O–H groups in total. The summed E-state index contributed by atoms with van der Waals surface area (Å²) in [5, 5.41) is 8.46. The number of sulfonamides is 1. The van der Waals surface area contributed by atoms with Crippen molar-refractivity contribution in [1.29, 1.82) is 0 Å². The van der Waals surface area contributed by atoms with E-state index < -0.39 is 15.9 Å². The molecule has 182 valence electrons. The highest BCUT2D eigenvalue weighted by atomic mass is 35.5. The number of nitrogens with one attached hydrogen (secondary N) is 1. The van der Waals surface area contributed by atoms with Gasteiger partial charge in [-0.05, 0) is 50.6 Å². The molecule has 35 heavy (non-hydrogen) atoms. The van der Waals surface area contributed by atoms with Crippen molar-refractivity contribution < 1.29 is 22.5 Å². The van der Waals surface area contributed by atoms with E-state index in [-0.39, 0.29) is 28.6 Å². The predicted octanol–water partition coefficient (Wildman–Crippen LogP) is 4.20. The fourth-order valence-corrected chi connectivity index (χ4v) is 5.06. The minimum atomic E-state index is -4.18. The highest BCUT2D eigenvalue weighted by molar-refractivity contribution is 7.90. The van der Waals surface area contributed by atoms with Crippen molar-refractivity contribution in [2.75, 3.05) is 0 Å². The van der Waals surface area contributed by atoms with Crippen LogP contribution in [-0.4, -0.2) is 29.3 Å². The number of aromatic nitrogens is 3. The molecular weight excluding hydrogens is 492 g/mol. The number of carbonyl (C=O) groups excluding carboxylic acids is 1. The van der Waals surface area contributed by atoms with Gasteiger partial charge in [-0.2, -0.15) is 5.10 Å². The van der Waals surface area contributed by atoms with Crippen molar-refractivity contribution in [2.24, 2.45) is 0 Å². The van der Waals surface area contributed by atoms with Gasteiger partial charge in [0, 0.05) is 16.3 Å². The summed E-state index contributed by atoms with van der Waals surface area (Å²) >= 11 is 6.21. The molecule has 2 heterocycles. The van der Waals surface area contributed by atoms with Crippen LogP contribution >= 0.6 is 11.6 Å². The van der Waals surface area contributed by atoms with Crippen LogP contribution in [-0.2, 0) is 23.2 Å². The summed E-state index contributed by atoms with van der Waals surface area (Å²) in [4.78, 5) is 12.5. The molecule has 2 aromatic carbocycles. The van der Waals surface area contributed by atoms with E-state index in [1.54, 1.807) is 29.8 Å². The number of aryl methyl sites for hydroxylation is 3. The maximum absolute atomic E-state index is 12.7. The maximum Gasteiger partial charge on any atom is 0.285 e. The Morgan fingerprint density at radius 1 is 1.11 bits per heavy atom. The molecule has 2 aromatic heterocycles. The SMILES string of the molecule is Cc1noc(C)c1S(=O)(=O)NC(=O)c1cc(C)n(Cc2cc(Cl)ccc2OCc2ccccc2)n1. The molecule has 0 aliphatic heterocycles. The van der Waals surface area contributed by atoms with E-state index in [1.165, 1.54) is 19.9 Å².